The Kier molecular flexibility index (Phi) is 3.95. The molecular formula is C5H12INO2. The van der Waals surface area contributed by atoms with E-state index in [4.69, 9.17) is 9.47 Å². The van der Waals surface area contributed by atoms with Crippen LogP contribution < -0.4 is 0 Å². The van der Waals surface area contributed by atoms with E-state index >= 15 is 0 Å². The van der Waals surface area contributed by atoms with Crippen molar-refractivity contribution in [2.45, 2.75) is 3.92 Å². The van der Waals surface area contributed by atoms with Gasteiger partial charge in [0.25, 0.3) is 3.92 Å². The van der Waals surface area contributed by atoms with E-state index in [1.54, 1.807) is 14.2 Å². The van der Waals surface area contributed by atoms with Crippen molar-refractivity contribution in [3.63, 3.8) is 0 Å². The number of hydrogen-bond donors (Lipinski definition) is 0. The van der Waals surface area contributed by atoms with Gasteiger partial charge in [-0.15, -0.1) is 0 Å². The van der Waals surface area contributed by atoms with E-state index in [0.717, 1.165) is 0 Å². The van der Waals surface area contributed by atoms with Gasteiger partial charge in [-0.05, 0) is 14.1 Å². The van der Waals surface area contributed by atoms with Gasteiger partial charge < -0.3 is 9.47 Å². The van der Waals surface area contributed by atoms with Gasteiger partial charge in [0.05, 0.1) is 0 Å². The molecule has 56 valence electrons. The lowest BCUT2D eigenvalue weighted by Crippen LogP contribution is -2.41. The van der Waals surface area contributed by atoms with Gasteiger partial charge in [0.1, 0.15) is 0 Å². The highest BCUT2D eigenvalue weighted by Crippen LogP contribution is 2.21. The van der Waals surface area contributed by atoms with Crippen LogP contribution in [0, 0.1) is 0 Å². The third-order valence-electron chi connectivity index (χ3n) is 1.04. The molecule has 0 N–H and O–H groups in total. The van der Waals surface area contributed by atoms with Crippen molar-refractivity contribution in [1.29, 1.82) is 0 Å². The molecule has 0 bridgehead atoms. The largest absolute Gasteiger partial charge is 0.333 e. The number of hydrogen-bond acceptors (Lipinski definition) is 3. The molecule has 3 nitrogen and oxygen atoms in total. The van der Waals surface area contributed by atoms with Crippen molar-refractivity contribution in [3.05, 3.63) is 0 Å². The Balaban J connectivity index is 3.92. The van der Waals surface area contributed by atoms with E-state index < -0.39 is 3.92 Å². The summed E-state index contributed by atoms with van der Waals surface area (Å²) in [6.07, 6.45) is 0. The van der Waals surface area contributed by atoms with Gasteiger partial charge in [-0.1, -0.05) is 0 Å². The molecule has 0 aromatic rings. The van der Waals surface area contributed by atoms with Crippen molar-refractivity contribution in [2.24, 2.45) is 0 Å². The molecule has 0 saturated heterocycles. The Morgan fingerprint density at radius 3 is 1.56 bits per heavy atom. The highest BCUT2D eigenvalue weighted by Gasteiger charge is 2.27. The number of rotatable bonds is 3. The van der Waals surface area contributed by atoms with E-state index in [-0.39, 0.29) is 0 Å². The fourth-order valence-corrected chi connectivity index (χ4v) is 0.448. The monoisotopic (exact) mass is 245 g/mol. The van der Waals surface area contributed by atoms with E-state index in [9.17, 15) is 0 Å². The van der Waals surface area contributed by atoms with Crippen molar-refractivity contribution in [1.82, 2.24) is 4.90 Å². The average Bonchev–Trinajstić information content (AvgIpc) is 1.86. The number of methoxy groups -OCH3 is 2. The molecule has 0 rings (SSSR count). The van der Waals surface area contributed by atoms with Crippen molar-refractivity contribution >= 4 is 22.6 Å². The van der Waals surface area contributed by atoms with Gasteiger partial charge in [-0.2, -0.15) is 0 Å². The molecule has 0 saturated carbocycles. The molecule has 0 aliphatic carbocycles. The first-order valence-electron chi connectivity index (χ1n) is 2.53. The first-order valence-corrected chi connectivity index (χ1v) is 3.61. The van der Waals surface area contributed by atoms with Crippen LogP contribution >= 0.6 is 22.6 Å². The Labute approximate surface area is 69.4 Å². The predicted molar refractivity (Wildman–Crippen MR) is 44.5 cm³/mol. The van der Waals surface area contributed by atoms with E-state index in [2.05, 4.69) is 22.6 Å². The molecule has 0 unspecified atom stereocenters. The average molecular weight is 245 g/mol. The van der Waals surface area contributed by atoms with Crippen molar-refractivity contribution < 1.29 is 9.47 Å². The van der Waals surface area contributed by atoms with Gasteiger partial charge in [0.2, 0.25) is 0 Å². The third kappa shape index (κ3) is 2.37. The lowest BCUT2D eigenvalue weighted by atomic mass is 10.8. The van der Waals surface area contributed by atoms with Gasteiger partial charge in [0, 0.05) is 36.8 Å². The minimum Gasteiger partial charge on any atom is -0.333 e. The first-order chi connectivity index (χ1) is 4.06. The van der Waals surface area contributed by atoms with Crippen LogP contribution in [0.4, 0.5) is 0 Å². The summed E-state index contributed by atoms with van der Waals surface area (Å²) >= 11 is 2.07. The van der Waals surface area contributed by atoms with E-state index in [1.807, 2.05) is 19.0 Å². The maximum absolute atomic E-state index is 5.04. The van der Waals surface area contributed by atoms with Crippen LogP contribution in [-0.2, 0) is 9.47 Å². The summed E-state index contributed by atoms with van der Waals surface area (Å²) in [5, 5.41) is 0. The van der Waals surface area contributed by atoms with Crippen LogP contribution in [0.25, 0.3) is 0 Å². The molecule has 4 heteroatoms. The van der Waals surface area contributed by atoms with Gasteiger partial charge in [0.15, 0.2) is 0 Å². The lowest BCUT2D eigenvalue weighted by molar-refractivity contribution is -0.196. The third-order valence-corrected chi connectivity index (χ3v) is 2.88. The lowest BCUT2D eigenvalue weighted by Gasteiger charge is -2.30. The summed E-state index contributed by atoms with van der Waals surface area (Å²) < 4.78 is 9.46. The zero-order chi connectivity index (χ0) is 7.49. The molecule has 0 atom stereocenters. The SMILES string of the molecule is COC(I)(OC)N(C)C. The van der Waals surface area contributed by atoms with Gasteiger partial charge >= 0.3 is 0 Å². The fraction of sp³-hybridized carbons (Fsp3) is 1.00. The van der Waals surface area contributed by atoms with Crippen LogP contribution in [0.2, 0.25) is 0 Å². The molecule has 0 aromatic heterocycles. The molecule has 0 spiro atoms. The summed E-state index contributed by atoms with van der Waals surface area (Å²) in [4.78, 5) is 1.84. The molecule has 0 aromatic carbocycles. The van der Waals surface area contributed by atoms with E-state index in [0.29, 0.717) is 0 Å². The number of nitrogens with zero attached hydrogens (tertiary/aromatic N) is 1. The molecule has 0 heterocycles. The van der Waals surface area contributed by atoms with Crippen LogP contribution in [-0.4, -0.2) is 37.1 Å². The fourth-order valence-electron chi connectivity index (χ4n) is 0.448. The molecule has 0 aliphatic rings. The summed E-state index contributed by atoms with van der Waals surface area (Å²) in [5.41, 5.74) is 0. The Hall–Kier alpha value is 0.610. The molecule has 0 aliphatic heterocycles. The predicted octanol–water partition coefficient (Wildman–Crippen LogP) is 0.887. The Morgan fingerprint density at radius 1 is 1.22 bits per heavy atom. The first kappa shape index (κ1) is 9.61. The summed E-state index contributed by atoms with van der Waals surface area (Å²) in [7, 11) is 6.99. The standard InChI is InChI=1S/C5H12INO2/c1-7(2)5(6,8-3)9-4/h1-4H3. The number of alkyl halides is 1. The zero-order valence-electron chi connectivity index (χ0n) is 6.14. The van der Waals surface area contributed by atoms with Gasteiger partial charge in [-0.25, -0.2) is 4.90 Å². The Morgan fingerprint density at radius 2 is 1.56 bits per heavy atom. The van der Waals surface area contributed by atoms with Crippen LogP contribution in [0.1, 0.15) is 0 Å². The maximum Gasteiger partial charge on any atom is 0.283 e. The minimum atomic E-state index is -0.613. The number of ether oxygens (including phenoxy) is 2. The molecule has 0 radical (unpaired) electrons. The van der Waals surface area contributed by atoms with Crippen LogP contribution in [0.15, 0.2) is 0 Å². The summed E-state index contributed by atoms with van der Waals surface area (Å²) in [6.45, 7) is 0. The van der Waals surface area contributed by atoms with Gasteiger partial charge in [-0.3, -0.25) is 0 Å². The molecular weight excluding hydrogens is 233 g/mol. The Bertz CT molecular complexity index is 83.0. The van der Waals surface area contributed by atoms with Crippen molar-refractivity contribution in [3.8, 4) is 0 Å². The second kappa shape index (κ2) is 3.70. The maximum atomic E-state index is 5.04. The minimum absolute atomic E-state index is 0.613. The van der Waals surface area contributed by atoms with Crippen LogP contribution in [0.3, 0.4) is 0 Å². The topological polar surface area (TPSA) is 21.7 Å². The summed E-state index contributed by atoms with van der Waals surface area (Å²) in [5.74, 6) is 0. The smallest absolute Gasteiger partial charge is 0.283 e. The molecule has 0 fully saturated rings. The molecule has 0 amide bonds. The molecule has 9 heavy (non-hydrogen) atoms. The quantitative estimate of drug-likeness (QED) is 0.319. The second-order valence-corrected chi connectivity index (χ2v) is 3.17. The number of halogens is 1. The normalized spacial score (nSPS) is 12.7. The van der Waals surface area contributed by atoms with Crippen molar-refractivity contribution in [2.75, 3.05) is 28.3 Å². The highest BCUT2D eigenvalue weighted by atomic mass is 127. The highest BCUT2D eigenvalue weighted by molar-refractivity contribution is 14.1. The summed E-state index contributed by atoms with van der Waals surface area (Å²) in [6, 6.07) is 0. The zero-order valence-corrected chi connectivity index (χ0v) is 8.30. The second-order valence-electron chi connectivity index (χ2n) is 1.81. The van der Waals surface area contributed by atoms with Crippen LogP contribution in [0.5, 0.6) is 0 Å². The van der Waals surface area contributed by atoms with E-state index in [1.165, 1.54) is 0 Å².